The maximum Gasteiger partial charge on any atom is 0.343 e. The van der Waals surface area contributed by atoms with Crippen molar-refractivity contribution in [3.63, 3.8) is 0 Å². The number of anilines is 1. The van der Waals surface area contributed by atoms with Crippen LogP contribution in [0.15, 0.2) is 11.4 Å². The van der Waals surface area contributed by atoms with Crippen LogP contribution >= 0.6 is 11.8 Å². The van der Waals surface area contributed by atoms with Crippen molar-refractivity contribution in [3.05, 3.63) is 11.8 Å². The van der Waals surface area contributed by atoms with Gasteiger partial charge in [-0.3, -0.25) is 0 Å². The topological polar surface area (TPSA) is 64.1 Å². The van der Waals surface area contributed by atoms with E-state index in [0.717, 1.165) is 12.8 Å². The highest BCUT2D eigenvalue weighted by Crippen LogP contribution is 2.26. The van der Waals surface area contributed by atoms with Gasteiger partial charge in [0.05, 0.1) is 6.61 Å². The highest BCUT2D eigenvalue weighted by Gasteiger charge is 2.25. The van der Waals surface area contributed by atoms with Gasteiger partial charge in [-0.15, -0.1) is 0 Å². The average Bonchev–Trinajstić information content (AvgIpc) is 3.13. The quantitative estimate of drug-likeness (QED) is 0.491. The Morgan fingerprint density at radius 2 is 2.41 bits per heavy atom. The minimum absolute atomic E-state index is 0.353. The summed E-state index contributed by atoms with van der Waals surface area (Å²) in [6.45, 7) is 2.13. The smallest absolute Gasteiger partial charge is 0.343 e. The van der Waals surface area contributed by atoms with E-state index >= 15 is 0 Å². The fraction of sp³-hybridized carbons (Fsp3) is 0.545. The minimum Gasteiger partial charge on any atom is -0.462 e. The Bertz CT molecular complexity index is 421. The molecular weight excluding hydrogens is 238 g/mol. The fourth-order valence-corrected chi connectivity index (χ4v) is 1.69. The number of esters is 1. The first-order valence-electron chi connectivity index (χ1n) is 5.59. The summed E-state index contributed by atoms with van der Waals surface area (Å²) >= 11 is 1.45. The number of aromatic nitrogens is 2. The van der Waals surface area contributed by atoms with Crippen molar-refractivity contribution in [1.82, 2.24) is 9.97 Å². The van der Waals surface area contributed by atoms with E-state index in [0.29, 0.717) is 29.2 Å². The van der Waals surface area contributed by atoms with Gasteiger partial charge in [-0.25, -0.2) is 14.8 Å². The molecule has 0 saturated heterocycles. The number of rotatable bonds is 5. The van der Waals surface area contributed by atoms with Gasteiger partial charge in [0.15, 0.2) is 5.16 Å². The van der Waals surface area contributed by atoms with Crippen LogP contribution in [0.25, 0.3) is 0 Å². The molecule has 17 heavy (non-hydrogen) atoms. The van der Waals surface area contributed by atoms with E-state index in [1.807, 2.05) is 6.26 Å². The molecule has 0 unspecified atom stereocenters. The molecule has 1 aliphatic rings. The second-order valence-electron chi connectivity index (χ2n) is 3.76. The van der Waals surface area contributed by atoms with Crippen molar-refractivity contribution in [2.45, 2.75) is 31.0 Å². The molecule has 0 bridgehead atoms. The molecule has 0 atom stereocenters. The van der Waals surface area contributed by atoms with Crippen LogP contribution in [0.3, 0.4) is 0 Å². The zero-order valence-corrected chi connectivity index (χ0v) is 10.7. The summed E-state index contributed by atoms with van der Waals surface area (Å²) < 4.78 is 4.98. The van der Waals surface area contributed by atoms with Crippen molar-refractivity contribution in [2.24, 2.45) is 0 Å². The molecule has 92 valence electrons. The van der Waals surface area contributed by atoms with Crippen LogP contribution in [-0.4, -0.2) is 34.8 Å². The maximum absolute atomic E-state index is 11.7. The second-order valence-corrected chi connectivity index (χ2v) is 4.53. The predicted molar refractivity (Wildman–Crippen MR) is 66.4 cm³/mol. The third-order valence-corrected chi connectivity index (χ3v) is 2.92. The zero-order chi connectivity index (χ0) is 12.3. The summed E-state index contributed by atoms with van der Waals surface area (Å²) in [5, 5.41) is 3.89. The van der Waals surface area contributed by atoms with E-state index in [-0.39, 0.29) is 5.97 Å². The van der Waals surface area contributed by atoms with E-state index in [2.05, 4.69) is 15.3 Å². The van der Waals surface area contributed by atoms with Gasteiger partial charge in [-0.05, 0) is 26.0 Å². The number of nitrogens with zero attached hydrogens (tertiary/aromatic N) is 2. The zero-order valence-electron chi connectivity index (χ0n) is 9.90. The molecule has 0 aliphatic heterocycles. The molecule has 6 heteroatoms. The van der Waals surface area contributed by atoms with Gasteiger partial charge in [0.25, 0.3) is 0 Å². The first-order valence-corrected chi connectivity index (χ1v) is 6.81. The normalized spacial score (nSPS) is 14.5. The standard InChI is InChI=1S/C11H15N3O2S/c1-3-16-10(15)8-6-12-11(17-2)14-9(8)13-7-4-5-7/h6-7H,3-5H2,1-2H3,(H,12,13,14). The van der Waals surface area contributed by atoms with Crippen LogP contribution < -0.4 is 5.32 Å². The number of carbonyl (C=O) groups is 1. The average molecular weight is 253 g/mol. The lowest BCUT2D eigenvalue weighted by atomic mass is 10.3. The molecule has 0 aromatic carbocycles. The second kappa shape index (κ2) is 5.35. The number of thioether (sulfide) groups is 1. The summed E-state index contributed by atoms with van der Waals surface area (Å²) in [4.78, 5) is 20.1. The Labute approximate surface area is 104 Å². The molecule has 1 heterocycles. The Kier molecular flexibility index (Phi) is 3.83. The monoisotopic (exact) mass is 253 g/mol. The molecule has 0 amide bonds. The number of nitrogens with one attached hydrogen (secondary N) is 1. The highest BCUT2D eigenvalue weighted by atomic mass is 32.2. The molecule has 1 saturated carbocycles. The van der Waals surface area contributed by atoms with Crippen molar-refractivity contribution in [2.75, 3.05) is 18.2 Å². The van der Waals surface area contributed by atoms with E-state index in [4.69, 9.17) is 4.74 Å². The van der Waals surface area contributed by atoms with Crippen LogP contribution in [0.4, 0.5) is 5.82 Å². The SMILES string of the molecule is CCOC(=O)c1cnc(SC)nc1NC1CC1. The third kappa shape index (κ3) is 3.09. The maximum atomic E-state index is 11.7. The molecule has 2 rings (SSSR count). The van der Waals surface area contributed by atoms with Gasteiger partial charge < -0.3 is 10.1 Å². The molecule has 0 radical (unpaired) electrons. The minimum atomic E-state index is -0.372. The summed E-state index contributed by atoms with van der Waals surface area (Å²) in [7, 11) is 0. The number of carbonyl (C=O) groups excluding carboxylic acids is 1. The van der Waals surface area contributed by atoms with Gasteiger partial charge in [-0.1, -0.05) is 11.8 Å². The number of ether oxygens (including phenoxy) is 1. The summed E-state index contributed by atoms with van der Waals surface area (Å²) in [6, 6.07) is 0.438. The molecule has 0 spiro atoms. The largest absolute Gasteiger partial charge is 0.462 e. The third-order valence-electron chi connectivity index (χ3n) is 2.36. The van der Waals surface area contributed by atoms with Crippen LogP contribution in [0.2, 0.25) is 0 Å². The van der Waals surface area contributed by atoms with Crippen molar-refractivity contribution in [3.8, 4) is 0 Å². The van der Waals surface area contributed by atoms with E-state index < -0.39 is 0 Å². The fourth-order valence-electron chi connectivity index (χ4n) is 1.35. The molecule has 1 N–H and O–H groups in total. The Balaban J connectivity index is 2.24. The van der Waals surface area contributed by atoms with Crippen LogP contribution in [0.1, 0.15) is 30.1 Å². The lowest BCUT2D eigenvalue weighted by Gasteiger charge is -2.10. The Hall–Kier alpha value is -1.30. The summed E-state index contributed by atoms with van der Waals surface area (Å²) in [6.07, 6.45) is 5.68. The number of hydrogen-bond acceptors (Lipinski definition) is 6. The number of hydrogen-bond donors (Lipinski definition) is 1. The first-order chi connectivity index (χ1) is 8.24. The molecule has 1 aromatic rings. The molecule has 5 nitrogen and oxygen atoms in total. The van der Waals surface area contributed by atoms with E-state index in [1.54, 1.807) is 6.92 Å². The van der Waals surface area contributed by atoms with E-state index in [1.165, 1.54) is 18.0 Å². The van der Waals surface area contributed by atoms with Crippen molar-refractivity contribution >= 4 is 23.5 Å². The van der Waals surface area contributed by atoms with E-state index in [9.17, 15) is 4.79 Å². The highest BCUT2D eigenvalue weighted by molar-refractivity contribution is 7.98. The summed E-state index contributed by atoms with van der Waals surface area (Å²) in [5.74, 6) is 0.216. The first kappa shape index (κ1) is 12.2. The van der Waals surface area contributed by atoms with Gasteiger partial charge in [0.2, 0.25) is 0 Å². The van der Waals surface area contributed by atoms with Gasteiger partial charge >= 0.3 is 5.97 Å². The van der Waals surface area contributed by atoms with Gasteiger partial charge in [0, 0.05) is 12.2 Å². The molecule has 1 aromatic heterocycles. The Morgan fingerprint density at radius 3 is 3.00 bits per heavy atom. The summed E-state index contributed by atoms with van der Waals surface area (Å²) in [5.41, 5.74) is 0.413. The predicted octanol–water partition coefficient (Wildman–Crippen LogP) is 1.95. The lowest BCUT2D eigenvalue weighted by Crippen LogP contribution is -2.13. The molecular formula is C11H15N3O2S. The van der Waals surface area contributed by atoms with Crippen molar-refractivity contribution < 1.29 is 9.53 Å². The Morgan fingerprint density at radius 1 is 1.65 bits per heavy atom. The lowest BCUT2D eigenvalue weighted by molar-refractivity contribution is 0.0526. The van der Waals surface area contributed by atoms with Crippen LogP contribution in [-0.2, 0) is 4.74 Å². The molecule has 1 aliphatic carbocycles. The van der Waals surface area contributed by atoms with Crippen molar-refractivity contribution in [1.29, 1.82) is 0 Å². The van der Waals surface area contributed by atoms with Gasteiger partial charge in [0.1, 0.15) is 11.4 Å². The van der Waals surface area contributed by atoms with Crippen LogP contribution in [0.5, 0.6) is 0 Å². The molecule has 1 fully saturated rings. The van der Waals surface area contributed by atoms with Crippen LogP contribution in [0, 0.1) is 0 Å². The van der Waals surface area contributed by atoms with Gasteiger partial charge in [-0.2, -0.15) is 0 Å².